The molecule has 0 spiro atoms. The molecule has 0 radical (unpaired) electrons. The largest absolute Gasteiger partial charge is 0.465 e. The summed E-state index contributed by atoms with van der Waals surface area (Å²) in [6.07, 6.45) is 0.480. The summed E-state index contributed by atoms with van der Waals surface area (Å²) < 4.78 is 5.94. The third-order valence-electron chi connectivity index (χ3n) is 4.63. The lowest BCUT2D eigenvalue weighted by molar-refractivity contribution is -0.0537. The Labute approximate surface area is 163 Å². The molecule has 26 heavy (non-hydrogen) atoms. The van der Waals surface area contributed by atoms with Crippen LogP contribution in [0, 0.1) is 6.92 Å². The molecule has 2 amide bonds. The van der Waals surface area contributed by atoms with Crippen LogP contribution in [-0.2, 0) is 4.74 Å². The van der Waals surface area contributed by atoms with Crippen LogP contribution in [-0.4, -0.2) is 58.3 Å². The molecule has 0 aromatic carbocycles. The average molecular weight is 406 g/mol. The number of likely N-dealkylation sites (tertiary alicyclic amines) is 1. The van der Waals surface area contributed by atoms with Crippen LogP contribution in [0.1, 0.15) is 49.3 Å². The predicted octanol–water partition coefficient (Wildman–Crippen LogP) is 3.69. The second-order valence-corrected chi connectivity index (χ2v) is 7.16. The van der Waals surface area contributed by atoms with Gasteiger partial charge in [-0.15, -0.1) is 0 Å². The third kappa shape index (κ3) is 4.27. The maximum atomic E-state index is 12.7. The van der Waals surface area contributed by atoms with Gasteiger partial charge in [0.2, 0.25) is 0 Å². The summed E-state index contributed by atoms with van der Waals surface area (Å²) in [5.74, 6) is -0.376. The number of aryl methyl sites for hydroxylation is 1. The Hall–Kier alpha value is -1.44. The highest BCUT2D eigenvalue weighted by molar-refractivity contribution is 6.44. The molecule has 0 bridgehead atoms. The van der Waals surface area contributed by atoms with Crippen molar-refractivity contribution in [1.82, 2.24) is 15.2 Å². The van der Waals surface area contributed by atoms with Gasteiger partial charge >= 0.3 is 6.09 Å². The second kappa shape index (κ2) is 8.97. The van der Waals surface area contributed by atoms with Crippen LogP contribution in [0.3, 0.4) is 0 Å². The number of carboxylic acid groups (broad SMARTS) is 1. The zero-order valence-corrected chi connectivity index (χ0v) is 16.7. The molecule has 1 saturated heterocycles. The third-order valence-corrected chi connectivity index (χ3v) is 5.58. The summed E-state index contributed by atoms with van der Waals surface area (Å²) in [5.41, 5.74) is 0.824. The number of H-pyrrole nitrogens is 1. The van der Waals surface area contributed by atoms with E-state index < -0.39 is 12.2 Å². The van der Waals surface area contributed by atoms with E-state index in [1.54, 1.807) is 6.92 Å². The van der Waals surface area contributed by atoms with E-state index in [2.05, 4.69) is 10.3 Å². The maximum absolute atomic E-state index is 12.7. The molecular formula is C17H25Cl2N3O4. The van der Waals surface area contributed by atoms with Crippen molar-refractivity contribution in [3.05, 3.63) is 21.4 Å². The summed E-state index contributed by atoms with van der Waals surface area (Å²) in [4.78, 5) is 28.5. The van der Waals surface area contributed by atoms with Gasteiger partial charge in [0.1, 0.15) is 5.69 Å². The van der Waals surface area contributed by atoms with E-state index in [9.17, 15) is 14.7 Å². The molecule has 3 atom stereocenters. The van der Waals surface area contributed by atoms with Gasteiger partial charge in [-0.2, -0.15) is 0 Å². The number of aromatic amines is 1. The summed E-state index contributed by atoms with van der Waals surface area (Å²) in [7, 11) is 0. The summed E-state index contributed by atoms with van der Waals surface area (Å²) >= 11 is 12.2. The Morgan fingerprint density at radius 1 is 1.35 bits per heavy atom. The molecule has 2 heterocycles. The summed E-state index contributed by atoms with van der Waals surface area (Å²) in [5, 5.41) is 12.9. The van der Waals surface area contributed by atoms with E-state index in [1.807, 2.05) is 13.8 Å². The van der Waals surface area contributed by atoms with Gasteiger partial charge in [0.05, 0.1) is 28.2 Å². The maximum Gasteiger partial charge on any atom is 0.407 e. The number of carbonyl (C=O) groups excluding carboxylic acids is 1. The normalized spacial score (nSPS) is 23.1. The number of ether oxygens (including phenoxy) is 1. The highest BCUT2D eigenvalue weighted by atomic mass is 35.5. The van der Waals surface area contributed by atoms with E-state index >= 15 is 0 Å². The zero-order valence-electron chi connectivity index (χ0n) is 15.1. The molecule has 1 aliphatic rings. The fourth-order valence-electron chi connectivity index (χ4n) is 3.35. The van der Waals surface area contributed by atoms with Crippen LogP contribution in [0.15, 0.2) is 0 Å². The lowest BCUT2D eigenvalue weighted by atomic mass is 9.92. The lowest BCUT2D eigenvalue weighted by Crippen LogP contribution is -2.61. The predicted molar refractivity (Wildman–Crippen MR) is 100 cm³/mol. The van der Waals surface area contributed by atoms with Gasteiger partial charge in [0.25, 0.3) is 5.91 Å². The van der Waals surface area contributed by atoms with Crippen molar-refractivity contribution in [3.8, 4) is 0 Å². The number of carbonyl (C=O) groups is 2. The zero-order chi connectivity index (χ0) is 19.4. The fourth-order valence-corrected chi connectivity index (χ4v) is 3.76. The Morgan fingerprint density at radius 2 is 2.04 bits per heavy atom. The minimum atomic E-state index is -0.971. The number of hydrogen-bond donors (Lipinski definition) is 3. The van der Waals surface area contributed by atoms with Crippen molar-refractivity contribution in [2.24, 2.45) is 0 Å². The van der Waals surface area contributed by atoms with Crippen LogP contribution in [0.25, 0.3) is 0 Å². The minimum Gasteiger partial charge on any atom is -0.465 e. The molecular weight excluding hydrogens is 381 g/mol. The molecule has 7 nitrogen and oxygen atoms in total. The molecule has 1 aromatic rings. The number of rotatable bonds is 6. The quantitative estimate of drug-likeness (QED) is 0.672. The van der Waals surface area contributed by atoms with Crippen molar-refractivity contribution in [2.45, 2.75) is 58.2 Å². The van der Waals surface area contributed by atoms with Gasteiger partial charge in [-0.3, -0.25) is 4.79 Å². The Balaban J connectivity index is 2.20. The van der Waals surface area contributed by atoms with Crippen LogP contribution in [0.5, 0.6) is 0 Å². The van der Waals surface area contributed by atoms with Crippen molar-refractivity contribution >= 4 is 35.2 Å². The van der Waals surface area contributed by atoms with Gasteiger partial charge in [-0.1, -0.05) is 37.0 Å². The first-order chi connectivity index (χ1) is 12.3. The molecule has 1 fully saturated rings. The first kappa shape index (κ1) is 20.9. The van der Waals surface area contributed by atoms with Crippen molar-refractivity contribution < 1.29 is 19.4 Å². The fraction of sp³-hybridized carbons (Fsp3) is 0.647. The standard InChI is InChI=1S/C17H25Cl2N3O4/c1-4-8-26-15-10(6-7-22(17(24)25)11(15)5-2)21-16(23)14-13(19)12(18)9(3)20-14/h10-11,15,20H,4-8H2,1-3H3,(H,21,23)(H,24,25)/t10-,11?,15+/m1/s1. The SMILES string of the molecule is CCCO[C@@H]1C(CC)N(C(=O)O)CC[C@H]1NC(=O)c1[nH]c(C)c(Cl)c1Cl. The molecule has 0 aliphatic carbocycles. The topological polar surface area (TPSA) is 94.7 Å². The molecule has 1 unspecified atom stereocenters. The van der Waals surface area contributed by atoms with Crippen LogP contribution >= 0.6 is 23.2 Å². The Kier molecular flexibility index (Phi) is 7.20. The van der Waals surface area contributed by atoms with E-state index in [-0.39, 0.29) is 28.7 Å². The summed E-state index contributed by atoms with van der Waals surface area (Å²) in [6.45, 7) is 6.46. The molecule has 1 aromatic heterocycles. The van der Waals surface area contributed by atoms with Crippen LogP contribution < -0.4 is 5.32 Å². The van der Waals surface area contributed by atoms with Crippen LogP contribution in [0.4, 0.5) is 4.79 Å². The Morgan fingerprint density at radius 3 is 2.54 bits per heavy atom. The first-order valence-corrected chi connectivity index (χ1v) is 9.52. The van der Waals surface area contributed by atoms with E-state index in [0.717, 1.165) is 6.42 Å². The van der Waals surface area contributed by atoms with E-state index in [1.165, 1.54) is 4.90 Å². The molecule has 3 N–H and O–H groups in total. The van der Waals surface area contributed by atoms with Crippen molar-refractivity contribution in [3.63, 3.8) is 0 Å². The molecule has 1 aliphatic heterocycles. The second-order valence-electron chi connectivity index (χ2n) is 6.41. The van der Waals surface area contributed by atoms with Crippen LogP contribution in [0.2, 0.25) is 10.0 Å². The molecule has 146 valence electrons. The number of piperidine rings is 1. The number of amides is 2. The Bertz CT molecular complexity index is 665. The van der Waals surface area contributed by atoms with E-state index in [4.69, 9.17) is 27.9 Å². The molecule has 2 rings (SSSR count). The highest BCUT2D eigenvalue weighted by Crippen LogP contribution is 2.30. The number of halogens is 2. The highest BCUT2D eigenvalue weighted by Gasteiger charge is 2.41. The first-order valence-electron chi connectivity index (χ1n) is 8.77. The number of nitrogens with one attached hydrogen (secondary N) is 2. The van der Waals surface area contributed by atoms with Gasteiger partial charge in [0, 0.05) is 18.8 Å². The van der Waals surface area contributed by atoms with Gasteiger partial charge in [-0.25, -0.2) is 4.79 Å². The number of aromatic nitrogens is 1. The monoisotopic (exact) mass is 405 g/mol. The van der Waals surface area contributed by atoms with Gasteiger partial charge in [0.15, 0.2) is 0 Å². The summed E-state index contributed by atoms with van der Waals surface area (Å²) in [6, 6.07) is -0.629. The smallest absolute Gasteiger partial charge is 0.407 e. The van der Waals surface area contributed by atoms with Crippen molar-refractivity contribution in [2.75, 3.05) is 13.2 Å². The van der Waals surface area contributed by atoms with E-state index in [0.29, 0.717) is 36.7 Å². The van der Waals surface area contributed by atoms with Crippen molar-refractivity contribution in [1.29, 1.82) is 0 Å². The van der Waals surface area contributed by atoms with Gasteiger partial charge < -0.3 is 25.0 Å². The molecule has 0 saturated carbocycles. The average Bonchev–Trinajstić information content (AvgIpc) is 2.87. The minimum absolute atomic E-state index is 0.183. The lowest BCUT2D eigenvalue weighted by Gasteiger charge is -2.43. The number of nitrogens with zero attached hydrogens (tertiary/aromatic N) is 1. The number of hydrogen-bond acceptors (Lipinski definition) is 3. The van der Waals surface area contributed by atoms with Gasteiger partial charge in [-0.05, 0) is 26.2 Å². The molecule has 9 heteroatoms.